The predicted molar refractivity (Wildman–Crippen MR) is 175 cm³/mol. The molecule has 0 bridgehead atoms. The Kier molecular flexibility index (Phi) is 6.92. The van der Waals surface area contributed by atoms with Crippen LogP contribution in [0.15, 0.2) is 156 Å². The Morgan fingerprint density at radius 1 is 0.628 bits per heavy atom. The molecule has 0 saturated carbocycles. The van der Waals surface area contributed by atoms with E-state index in [-0.39, 0.29) is 0 Å². The van der Waals surface area contributed by atoms with Crippen LogP contribution >= 0.6 is 0 Å². The fraction of sp³-hybridized carbons (Fsp3) is 0.0263. The number of fused-ring (bicyclic) bond motifs is 1. The van der Waals surface area contributed by atoms with Gasteiger partial charge in [0, 0.05) is 38.7 Å². The molecule has 1 aliphatic heterocycles. The number of nitrogens with zero attached hydrogens (tertiary/aromatic N) is 2. The monoisotopic (exact) mass is 560 g/mol. The number of hydrogen-bond acceptors (Lipinski definition) is 1. The van der Waals surface area contributed by atoms with Crippen molar-refractivity contribution in [3.63, 3.8) is 0 Å². The van der Waals surface area contributed by atoms with E-state index in [0.717, 1.165) is 49.9 Å². The second-order valence-corrected chi connectivity index (χ2v) is 10.6. The fourth-order valence-electron chi connectivity index (χ4n) is 6.02. The molecule has 0 radical (unpaired) electrons. The third-order valence-electron chi connectivity index (χ3n) is 7.97. The lowest BCUT2D eigenvalue weighted by molar-refractivity contribution is 0.630. The van der Waals surface area contributed by atoms with E-state index >= 15 is 8.63 Å². The lowest BCUT2D eigenvalue weighted by Crippen LogP contribution is -2.18. The van der Waals surface area contributed by atoms with Gasteiger partial charge in [0.15, 0.2) is 0 Å². The largest absolute Gasteiger partial charge is 0.678 e. The van der Waals surface area contributed by atoms with E-state index in [0.29, 0.717) is 22.7 Å². The minimum Gasteiger partial charge on any atom is -0.324 e. The molecule has 2 nitrogen and oxygen atoms in total. The molecule has 1 aliphatic rings. The van der Waals surface area contributed by atoms with Crippen molar-refractivity contribution < 1.29 is 8.63 Å². The molecule has 0 aliphatic carbocycles. The summed E-state index contributed by atoms with van der Waals surface area (Å²) >= 11 is 0. The fourth-order valence-corrected chi connectivity index (χ4v) is 6.02. The van der Waals surface area contributed by atoms with E-state index < -0.39 is 7.40 Å². The zero-order valence-electron chi connectivity index (χ0n) is 23.6. The molecule has 206 valence electrons. The van der Waals surface area contributed by atoms with Gasteiger partial charge in [0.05, 0.1) is 17.1 Å². The second-order valence-electron chi connectivity index (χ2n) is 10.6. The van der Waals surface area contributed by atoms with Crippen LogP contribution in [-0.4, -0.2) is 17.6 Å². The Morgan fingerprint density at radius 3 is 1.84 bits per heavy atom. The summed E-state index contributed by atoms with van der Waals surface area (Å²) in [5, 5.41) is 1.53. The topological polar surface area (TPSA) is 17.3 Å². The summed E-state index contributed by atoms with van der Waals surface area (Å²) in [5.74, 6) is 0. The number of halogens is 2. The second kappa shape index (κ2) is 11.2. The average molecular weight is 560 g/mol. The Labute approximate surface area is 250 Å². The molecule has 1 aromatic heterocycles. The maximum absolute atomic E-state index is 15.6. The zero-order valence-corrected chi connectivity index (χ0v) is 23.6. The number of rotatable bonds is 6. The number of aromatic nitrogens is 1. The van der Waals surface area contributed by atoms with Gasteiger partial charge in [-0.25, -0.2) is 4.99 Å². The Hall–Kier alpha value is -5.29. The van der Waals surface area contributed by atoms with Crippen LogP contribution in [0.2, 0.25) is 0 Å². The Morgan fingerprint density at radius 2 is 1.19 bits per heavy atom. The van der Waals surface area contributed by atoms with E-state index in [4.69, 9.17) is 4.99 Å². The van der Waals surface area contributed by atoms with Crippen LogP contribution in [0, 0.1) is 6.92 Å². The third-order valence-corrected chi connectivity index (χ3v) is 7.97. The molecule has 5 aromatic carbocycles. The highest BCUT2D eigenvalue weighted by Gasteiger charge is 2.33. The number of allylic oxidation sites excluding steroid dienone is 2. The van der Waals surface area contributed by atoms with E-state index in [9.17, 15) is 0 Å². The molecular weight excluding hydrogens is 533 g/mol. The van der Waals surface area contributed by atoms with Crippen LogP contribution < -0.4 is 0 Å². The molecule has 43 heavy (non-hydrogen) atoms. The normalized spacial score (nSPS) is 14.0. The third kappa shape index (κ3) is 4.73. The molecule has 0 amide bonds. The molecule has 0 atom stereocenters. The van der Waals surface area contributed by atoms with E-state index in [1.165, 1.54) is 4.48 Å². The average Bonchev–Trinajstić information content (AvgIpc) is 3.64. The molecule has 0 spiro atoms. The number of benzene rings is 5. The van der Waals surface area contributed by atoms with Crippen LogP contribution in [-0.2, 0) is 0 Å². The molecule has 6 aromatic rings. The van der Waals surface area contributed by atoms with E-state index in [1.807, 2.05) is 146 Å². The first kappa shape index (κ1) is 26.6. The number of hydrogen-bond donors (Lipinski definition) is 0. The van der Waals surface area contributed by atoms with Gasteiger partial charge in [-0.2, -0.15) is 0 Å². The molecule has 0 saturated heterocycles. The minimum atomic E-state index is -2.79. The van der Waals surface area contributed by atoms with Gasteiger partial charge in [0.1, 0.15) is 0 Å². The van der Waals surface area contributed by atoms with E-state index in [1.54, 1.807) is 0 Å². The molecule has 0 fully saturated rings. The Balaban J connectivity index is 1.64. The molecule has 7 rings (SSSR count). The van der Waals surface area contributed by atoms with Crippen molar-refractivity contribution in [3.05, 3.63) is 179 Å². The summed E-state index contributed by atoms with van der Waals surface area (Å²) in [6, 6.07) is 45.2. The lowest BCUT2D eigenvalue weighted by Gasteiger charge is -2.18. The van der Waals surface area contributed by atoms with Crippen LogP contribution in [0.1, 0.15) is 27.9 Å². The number of aryl methyl sites for hydroxylation is 1. The number of aliphatic imine (C=N–C) groups is 1. The van der Waals surface area contributed by atoms with Crippen LogP contribution in [0.5, 0.6) is 0 Å². The standard InChI is InChI=1S/C38H27BF2N2/c1-26-15-11-12-22-30(26)37-31-23-13-14-24-32(31)38(43(37)39(40)41)35(29-20-9-4-10-21-29)36-33(27-16-5-2-6-17-27)25-34(42-36)28-18-7-3-8-19-28/h2-25H,1H3/b36-35-. The summed E-state index contributed by atoms with van der Waals surface area (Å²) in [7, 11) is -2.79. The maximum Gasteiger partial charge on any atom is 0.678 e. The van der Waals surface area contributed by atoms with Gasteiger partial charge in [-0.15, -0.1) is 0 Å². The summed E-state index contributed by atoms with van der Waals surface area (Å²) in [5.41, 5.74) is 8.43. The van der Waals surface area contributed by atoms with Gasteiger partial charge >= 0.3 is 7.40 Å². The van der Waals surface area contributed by atoms with Gasteiger partial charge in [-0.1, -0.05) is 140 Å². The van der Waals surface area contributed by atoms with Gasteiger partial charge in [0.2, 0.25) is 0 Å². The van der Waals surface area contributed by atoms with Crippen molar-refractivity contribution >= 4 is 35.0 Å². The molecule has 2 heterocycles. The molecule has 0 unspecified atom stereocenters. The maximum atomic E-state index is 15.6. The molecule has 5 heteroatoms. The minimum absolute atomic E-state index is 0.449. The van der Waals surface area contributed by atoms with Crippen LogP contribution in [0.3, 0.4) is 0 Å². The summed E-state index contributed by atoms with van der Waals surface area (Å²) in [4.78, 5) is 5.22. The quantitative estimate of drug-likeness (QED) is 0.181. The predicted octanol–water partition coefficient (Wildman–Crippen LogP) is 9.73. The van der Waals surface area contributed by atoms with Crippen LogP contribution in [0.4, 0.5) is 8.63 Å². The summed E-state index contributed by atoms with van der Waals surface area (Å²) < 4.78 is 32.3. The van der Waals surface area contributed by atoms with Crippen molar-refractivity contribution in [2.75, 3.05) is 0 Å². The summed E-state index contributed by atoms with van der Waals surface area (Å²) in [6.07, 6.45) is 2.07. The first-order chi connectivity index (χ1) is 21.1. The highest BCUT2D eigenvalue weighted by Crippen LogP contribution is 2.45. The zero-order chi connectivity index (χ0) is 29.3. The molecule has 0 N–H and O–H groups in total. The van der Waals surface area contributed by atoms with Gasteiger partial charge < -0.3 is 4.48 Å². The van der Waals surface area contributed by atoms with E-state index in [2.05, 4.69) is 6.08 Å². The smallest absolute Gasteiger partial charge is 0.324 e. The first-order valence-electron chi connectivity index (χ1n) is 14.3. The SMILES string of the molecule is Cc1ccccc1-c1c2ccccc2c(/C(=C2\N=C(c3ccccc3)C=C2c2ccccc2)c2ccccc2)n1B(F)F. The van der Waals surface area contributed by atoms with Crippen molar-refractivity contribution in [2.45, 2.75) is 6.92 Å². The molecular formula is C38H27BF2N2. The van der Waals surface area contributed by atoms with Crippen molar-refractivity contribution in [1.82, 2.24) is 4.48 Å². The Bertz CT molecular complexity index is 2040. The highest BCUT2D eigenvalue weighted by molar-refractivity contribution is 6.44. The first-order valence-corrected chi connectivity index (χ1v) is 14.3. The van der Waals surface area contributed by atoms with Gasteiger partial charge in [0.25, 0.3) is 0 Å². The van der Waals surface area contributed by atoms with Crippen molar-refractivity contribution in [3.8, 4) is 11.3 Å². The van der Waals surface area contributed by atoms with Crippen molar-refractivity contribution in [1.29, 1.82) is 0 Å². The van der Waals surface area contributed by atoms with Crippen molar-refractivity contribution in [2.24, 2.45) is 4.99 Å². The van der Waals surface area contributed by atoms with Gasteiger partial charge in [-0.05, 0) is 29.7 Å². The van der Waals surface area contributed by atoms with Crippen LogP contribution in [0.25, 0.3) is 33.2 Å². The van der Waals surface area contributed by atoms with Gasteiger partial charge in [-0.3, -0.25) is 8.63 Å². The highest BCUT2D eigenvalue weighted by atomic mass is 19.2. The summed E-state index contributed by atoms with van der Waals surface area (Å²) in [6.45, 7) is 1.97. The lowest BCUT2D eigenvalue weighted by atomic mass is 9.92.